The van der Waals surface area contributed by atoms with Crippen LogP contribution < -0.4 is 5.73 Å². The molecule has 1 heterocycles. The van der Waals surface area contributed by atoms with E-state index in [2.05, 4.69) is 24.9 Å². The standard InChI is InChI=1S/C9H14N2/c1-3-7-5-8(4-2)11-9(10)6-7/h5-6H,3-4H2,1-2H3,(H2,10,11). The van der Waals surface area contributed by atoms with Crippen molar-refractivity contribution in [2.45, 2.75) is 26.7 Å². The van der Waals surface area contributed by atoms with E-state index in [1.165, 1.54) is 5.56 Å². The van der Waals surface area contributed by atoms with E-state index >= 15 is 0 Å². The fourth-order valence-electron chi connectivity index (χ4n) is 1.06. The van der Waals surface area contributed by atoms with Crippen molar-refractivity contribution in [3.8, 4) is 0 Å². The molecule has 0 aromatic carbocycles. The molecule has 0 aliphatic heterocycles. The maximum Gasteiger partial charge on any atom is 0.123 e. The molecule has 0 unspecified atom stereocenters. The van der Waals surface area contributed by atoms with E-state index in [0.717, 1.165) is 18.5 Å². The number of rotatable bonds is 2. The molecule has 2 heteroatoms. The second-order valence-corrected chi connectivity index (χ2v) is 2.60. The predicted molar refractivity (Wildman–Crippen MR) is 47.4 cm³/mol. The summed E-state index contributed by atoms with van der Waals surface area (Å²) in [7, 11) is 0. The summed E-state index contributed by atoms with van der Waals surface area (Å²) in [5.41, 5.74) is 7.96. The highest BCUT2D eigenvalue weighted by Crippen LogP contribution is 2.08. The second kappa shape index (κ2) is 3.37. The minimum atomic E-state index is 0.640. The zero-order chi connectivity index (χ0) is 8.27. The number of hydrogen-bond donors (Lipinski definition) is 1. The number of pyridine rings is 1. The second-order valence-electron chi connectivity index (χ2n) is 2.60. The molecular weight excluding hydrogens is 136 g/mol. The lowest BCUT2D eigenvalue weighted by Gasteiger charge is -2.01. The topological polar surface area (TPSA) is 38.9 Å². The summed E-state index contributed by atoms with van der Waals surface area (Å²) in [6.07, 6.45) is 1.98. The van der Waals surface area contributed by atoms with Crippen molar-refractivity contribution >= 4 is 5.82 Å². The van der Waals surface area contributed by atoms with Crippen molar-refractivity contribution in [3.05, 3.63) is 23.4 Å². The number of hydrogen-bond acceptors (Lipinski definition) is 2. The third-order valence-electron chi connectivity index (χ3n) is 1.73. The molecule has 0 atom stereocenters. The fourth-order valence-corrected chi connectivity index (χ4v) is 1.06. The minimum Gasteiger partial charge on any atom is -0.384 e. The molecule has 0 amide bonds. The summed E-state index contributed by atoms with van der Waals surface area (Å²) < 4.78 is 0. The number of anilines is 1. The average Bonchev–Trinajstić information content (AvgIpc) is 2.03. The van der Waals surface area contributed by atoms with Gasteiger partial charge in [0.2, 0.25) is 0 Å². The summed E-state index contributed by atoms with van der Waals surface area (Å²) in [5, 5.41) is 0. The van der Waals surface area contributed by atoms with E-state index in [1.807, 2.05) is 6.07 Å². The van der Waals surface area contributed by atoms with Crippen LogP contribution in [-0.4, -0.2) is 4.98 Å². The Labute approximate surface area is 67.5 Å². The lowest BCUT2D eigenvalue weighted by molar-refractivity contribution is 1.01. The van der Waals surface area contributed by atoms with Gasteiger partial charge in [-0.05, 0) is 30.5 Å². The van der Waals surface area contributed by atoms with Crippen molar-refractivity contribution in [3.63, 3.8) is 0 Å². The molecule has 1 aromatic rings. The van der Waals surface area contributed by atoms with Crippen LogP contribution in [0.5, 0.6) is 0 Å². The number of aryl methyl sites for hydroxylation is 2. The molecular formula is C9H14N2. The van der Waals surface area contributed by atoms with Gasteiger partial charge < -0.3 is 5.73 Å². The highest BCUT2D eigenvalue weighted by atomic mass is 14.8. The molecule has 0 saturated heterocycles. The molecule has 2 nitrogen and oxygen atoms in total. The van der Waals surface area contributed by atoms with Crippen molar-refractivity contribution in [1.82, 2.24) is 4.98 Å². The summed E-state index contributed by atoms with van der Waals surface area (Å²) in [4.78, 5) is 4.18. The Kier molecular flexibility index (Phi) is 2.47. The van der Waals surface area contributed by atoms with Crippen LogP contribution in [0, 0.1) is 0 Å². The molecule has 0 spiro atoms. The van der Waals surface area contributed by atoms with Crippen molar-refractivity contribution in [2.24, 2.45) is 0 Å². The summed E-state index contributed by atoms with van der Waals surface area (Å²) in [6, 6.07) is 4.04. The Morgan fingerprint density at radius 1 is 1.27 bits per heavy atom. The predicted octanol–water partition coefficient (Wildman–Crippen LogP) is 1.79. The maximum absolute atomic E-state index is 5.60. The first-order valence-corrected chi connectivity index (χ1v) is 4.01. The minimum absolute atomic E-state index is 0.640. The number of aromatic nitrogens is 1. The van der Waals surface area contributed by atoms with Crippen molar-refractivity contribution in [1.29, 1.82) is 0 Å². The van der Waals surface area contributed by atoms with Gasteiger partial charge >= 0.3 is 0 Å². The van der Waals surface area contributed by atoms with Gasteiger partial charge in [0.1, 0.15) is 5.82 Å². The summed E-state index contributed by atoms with van der Waals surface area (Å²) >= 11 is 0. The Hall–Kier alpha value is -1.05. The number of nitrogens with zero attached hydrogens (tertiary/aromatic N) is 1. The fraction of sp³-hybridized carbons (Fsp3) is 0.444. The van der Waals surface area contributed by atoms with E-state index in [9.17, 15) is 0 Å². The molecule has 11 heavy (non-hydrogen) atoms. The Balaban J connectivity index is 3.02. The van der Waals surface area contributed by atoms with Crippen molar-refractivity contribution in [2.75, 3.05) is 5.73 Å². The van der Waals surface area contributed by atoms with Crippen LogP contribution in [-0.2, 0) is 12.8 Å². The molecule has 0 aliphatic carbocycles. The van der Waals surface area contributed by atoms with Crippen LogP contribution in [0.1, 0.15) is 25.1 Å². The van der Waals surface area contributed by atoms with Gasteiger partial charge in [0.05, 0.1) is 0 Å². The SMILES string of the molecule is CCc1cc(N)nc(CC)c1. The maximum atomic E-state index is 5.60. The molecule has 1 rings (SSSR count). The highest BCUT2D eigenvalue weighted by molar-refractivity contribution is 5.34. The molecule has 0 radical (unpaired) electrons. The van der Waals surface area contributed by atoms with Gasteiger partial charge in [-0.1, -0.05) is 13.8 Å². The van der Waals surface area contributed by atoms with E-state index in [-0.39, 0.29) is 0 Å². The zero-order valence-electron chi connectivity index (χ0n) is 7.09. The van der Waals surface area contributed by atoms with Gasteiger partial charge in [-0.15, -0.1) is 0 Å². The molecule has 0 fully saturated rings. The molecule has 0 saturated carbocycles. The third-order valence-corrected chi connectivity index (χ3v) is 1.73. The lowest BCUT2D eigenvalue weighted by atomic mass is 10.1. The number of nitrogens with two attached hydrogens (primary N) is 1. The molecule has 1 aromatic heterocycles. The molecule has 60 valence electrons. The smallest absolute Gasteiger partial charge is 0.123 e. The average molecular weight is 150 g/mol. The van der Waals surface area contributed by atoms with Crippen molar-refractivity contribution < 1.29 is 0 Å². The van der Waals surface area contributed by atoms with Gasteiger partial charge in [-0.3, -0.25) is 0 Å². The van der Waals surface area contributed by atoms with Crippen LogP contribution in [0.25, 0.3) is 0 Å². The van der Waals surface area contributed by atoms with E-state index in [0.29, 0.717) is 5.82 Å². The quantitative estimate of drug-likeness (QED) is 0.698. The van der Waals surface area contributed by atoms with Gasteiger partial charge in [-0.2, -0.15) is 0 Å². The number of nitrogen functional groups attached to an aromatic ring is 1. The van der Waals surface area contributed by atoms with E-state index in [4.69, 9.17) is 5.73 Å². The van der Waals surface area contributed by atoms with Gasteiger partial charge in [-0.25, -0.2) is 4.98 Å². The largest absolute Gasteiger partial charge is 0.384 e. The third kappa shape index (κ3) is 1.93. The molecule has 2 N–H and O–H groups in total. The van der Waals surface area contributed by atoms with Gasteiger partial charge in [0.15, 0.2) is 0 Å². The van der Waals surface area contributed by atoms with Crippen LogP contribution in [0.15, 0.2) is 12.1 Å². The van der Waals surface area contributed by atoms with Crippen LogP contribution >= 0.6 is 0 Å². The van der Waals surface area contributed by atoms with Crippen LogP contribution in [0.3, 0.4) is 0 Å². The first kappa shape index (κ1) is 8.05. The summed E-state index contributed by atoms with van der Waals surface area (Å²) in [6.45, 7) is 4.20. The summed E-state index contributed by atoms with van der Waals surface area (Å²) in [5.74, 6) is 0.640. The van der Waals surface area contributed by atoms with E-state index in [1.54, 1.807) is 0 Å². The Bertz CT molecular complexity index is 221. The Morgan fingerprint density at radius 3 is 2.55 bits per heavy atom. The first-order valence-electron chi connectivity index (χ1n) is 4.01. The molecule has 0 aliphatic rings. The normalized spacial score (nSPS) is 10.0. The highest BCUT2D eigenvalue weighted by Gasteiger charge is 1.96. The monoisotopic (exact) mass is 150 g/mol. The lowest BCUT2D eigenvalue weighted by Crippen LogP contribution is -1.96. The Morgan fingerprint density at radius 2 is 2.00 bits per heavy atom. The first-order chi connectivity index (χ1) is 5.26. The van der Waals surface area contributed by atoms with E-state index < -0.39 is 0 Å². The van der Waals surface area contributed by atoms with Gasteiger partial charge in [0, 0.05) is 5.69 Å². The van der Waals surface area contributed by atoms with Gasteiger partial charge in [0.25, 0.3) is 0 Å². The molecule has 0 bridgehead atoms. The zero-order valence-corrected chi connectivity index (χ0v) is 7.09. The van der Waals surface area contributed by atoms with Crippen LogP contribution in [0.4, 0.5) is 5.82 Å². The van der Waals surface area contributed by atoms with Crippen LogP contribution in [0.2, 0.25) is 0 Å².